The van der Waals surface area contributed by atoms with E-state index in [0.29, 0.717) is 18.0 Å². The molecule has 3 aromatic rings. The van der Waals surface area contributed by atoms with Crippen molar-refractivity contribution in [3.05, 3.63) is 82.0 Å². The molecule has 1 aromatic heterocycles. The molecule has 2 aromatic carbocycles. The topological polar surface area (TPSA) is 50.4 Å². The molecule has 134 valence electrons. The number of nitrogens with one attached hydrogen (secondary N) is 2. The zero-order valence-electron chi connectivity index (χ0n) is 14.9. The number of amides is 1. The maximum atomic E-state index is 13.0. The van der Waals surface area contributed by atoms with Gasteiger partial charge in [-0.05, 0) is 41.6 Å². The second-order valence-electron chi connectivity index (χ2n) is 6.00. The molecule has 1 amide bonds. The maximum Gasteiger partial charge on any atom is 0.246 e. The van der Waals surface area contributed by atoms with Gasteiger partial charge in [0.25, 0.3) is 0 Å². The van der Waals surface area contributed by atoms with Gasteiger partial charge in [0.2, 0.25) is 5.91 Å². The van der Waals surface area contributed by atoms with Crippen molar-refractivity contribution in [3.8, 4) is 5.75 Å². The summed E-state index contributed by atoms with van der Waals surface area (Å²) in [6.45, 7) is 2.62. The minimum atomic E-state index is -0.455. The highest BCUT2D eigenvalue weighted by molar-refractivity contribution is 7.09. The van der Waals surface area contributed by atoms with Gasteiger partial charge in [-0.2, -0.15) is 0 Å². The van der Waals surface area contributed by atoms with E-state index in [1.54, 1.807) is 18.4 Å². The molecule has 0 fully saturated rings. The first-order valence-corrected chi connectivity index (χ1v) is 9.31. The summed E-state index contributed by atoms with van der Waals surface area (Å²) in [4.78, 5) is 14.2. The number of aryl methyl sites for hydroxylation is 1. The lowest BCUT2D eigenvalue weighted by Crippen LogP contribution is -2.32. The van der Waals surface area contributed by atoms with E-state index in [1.807, 2.05) is 66.9 Å². The average molecular weight is 366 g/mol. The molecule has 0 aliphatic rings. The Morgan fingerprint density at radius 3 is 2.62 bits per heavy atom. The van der Waals surface area contributed by atoms with Crippen molar-refractivity contribution in [2.75, 3.05) is 12.4 Å². The molecular formula is C21H22N2O2S. The lowest BCUT2D eigenvalue weighted by molar-refractivity contribution is -0.118. The summed E-state index contributed by atoms with van der Waals surface area (Å²) in [7, 11) is 1.60. The van der Waals surface area contributed by atoms with Gasteiger partial charge in [0.15, 0.2) is 0 Å². The molecule has 4 nitrogen and oxygen atoms in total. The van der Waals surface area contributed by atoms with Gasteiger partial charge in [0, 0.05) is 11.4 Å². The van der Waals surface area contributed by atoms with Gasteiger partial charge in [0.1, 0.15) is 11.8 Å². The average Bonchev–Trinajstić information content (AvgIpc) is 3.16. The third-order valence-electron chi connectivity index (χ3n) is 4.07. The number of rotatable bonds is 7. The second-order valence-corrected chi connectivity index (χ2v) is 7.03. The van der Waals surface area contributed by atoms with Gasteiger partial charge in [-0.3, -0.25) is 10.1 Å². The third-order valence-corrected chi connectivity index (χ3v) is 4.94. The highest BCUT2D eigenvalue weighted by atomic mass is 32.1. The van der Waals surface area contributed by atoms with Crippen LogP contribution in [-0.2, 0) is 11.3 Å². The van der Waals surface area contributed by atoms with E-state index < -0.39 is 6.04 Å². The fraction of sp³-hybridized carbons (Fsp3) is 0.190. The van der Waals surface area contributed by atoms with Crippen molar-refractivity contribution in [1.29, 1.82) is 0 Å². The summed E-state index contributed by atoms with van der Waals surface area (Å²) < 4.78 is 5.37. The van der Waals surface area contributed by atoms with E-state index in [1.165, 1.54) is 4.88 Å². The Hall–Kier alpha value is -2.63. The van der Waals surface area contributed by atoms with Gasteiger partial charge >= 0.3 is 0 Å². The molecular weight excluding hydrogens is 344 g/mol. The molecule has 5 heteroatoms. The van der Waals surface area contributed by atoms with Crippen molar-refractivity contribution in [3.63, 3.8) is 0 Å². The highest BCUT2D eigenvalue weighted by Gasteiger charge is 2.21. The number of thiophene rings is 1. The number of hydrogen-bond donors (Lipinski definition) is 2. The summed E-state index contributed by atoms with van der Waals surface area (Å²) in [5, 5.41) is 8.41. The van der Waals surface area contributed by atoms with E-state index in [9.17, 15) is 4.79 Å². The molecule has 0 saturated carbocycles. The first kappa shape index (κ1) is 18.2. The Bertz CT molecular complexity index is 848. The van der Waals surface area contributed by atoms with E-state index in [2.05, 4.69) is 16.7 Å². The zero-order chi connectivity index (χ0) is 18.4. The van der Waals surface area contributed by atoms with Crippen molar-refractivity contribution < 1.29 is 9.53 Å². The van der Waals surface area contributed by atoms with Crippen molar-refractivity contribution in [2.24, 2.45) is 0 Å². The molecule has 0 aliphatic heterocycles. The normalized spacial score (nSPS) is 11.8. The van der Waals surface area contributed by atoms with E-state index in [0.717, 1.165) is 11.1 Å². The monoisotopic (exact) mass is 366 g/mol. The molecule has 0 radical (unpaired) electrons. The lowest BCUT2D eigenvalue weighted by Gasteiger charge is -2.20. The smallest absolute Gasteiger partial charge is 0.246 e. The second kappa shape index (κ2) is 8.65. The SMILES string of the molecule is COc1ccc(C)cc1NC(=O)C(NCc1cccs1)c1ccccc1. The summed E-state index contributed by atoms with van der Waals surface area (Å²) in [5.41, 5.74) is 2.66. The van der Waals surface area contributed by atoms with E-state index in [4.69, 9.17) is 4.74 Å². The van der Waals surface area contributed by atoms with E-state index >= 15 is 0 Å². The number of carbonyl (C=O) groups is 1. The van der Waals surface area contributed by atoms with Crippen LogP contribution in [-0.4, -0.2) is 13.0 Å². The van der Waals surface area contributed by atoms with Gasteiger partial charge < -0.3 is 10.1 Å². The molecule has 1 unspecified atom stereocenters. The molecule has 0 spiro atoms. The standard InChI is InChI=1S/C21H22N2O2S/c1-15-10-11-19(25-2)18(13-15)23-21(24)20(16-7-4-3-5-8-16)22-14-17-9-6-12-26-17/h3-13,20,22H,14H2,1-2H3,(H,23,24). The number of hydrogen-bond acceptors (Lipinski definition) is 4. The summed E-state index contributed by atoms with van der Waals surface area (Å²) in [5.74, 6) is 0.533. The minimum Gasteiger partial charge on any atom is -0.495 e. The Balaban J connectivity index is 1.81. The first-order valence-electron chi connectivity index (χ1n) is 8.43. The van der Waals surface area contributed by atoms with E-state index in [-0.39, 0.29) is 5.91 Å². The molecule has 2 N–H and O–H groups in total. The van der Waals surface area contributed by atoms with Crippen LogP contribution < -0.4 is 15.4 Å². The molecule has 3 rings (SSSR count). The van der Waals surface area contributed by atoms with Gasteiger partial charge in [-0.25, -0.2) is 0 Å². The Labute approximate surface area is 157 Å². The van der Waals surface area contributed by atoms with Crippen molar-refractivity contribution in [2.45, 2.75) is 19.5 Å². The predicted molar refractivity (Wildman–Crippen MR) is 107 cm³/mol. The van der Waals surface area contributed by atoms with Crippen LogP contribution in [0.25, 0.3) is 0 Å². The molecule has 1 atom stereocenters. The molecule has 0 aliphatic carbocycles. The summed E-state index contributed by atoms with van der Waals surface area (Å²) in [6, 6.07) is 19.1. The maximum absolute atomic E-state index is 13.0. The molecule has 0 bridgehead atoms. The fourth-order valence-corrected chi connectivity index (χ4v) is 3.40. The molecule has 26 heavy (non-hydrogen) atoms. The van der Waals surface area contributed by atoms with Gasteiger partial charge in [0.05, 0.1) is 12.8 Å². The number of benzene rings is 2. The summed E-state index contributed by atoms with van der Waals surface area (Å²) >= 11 is 1.67. The van der Waals surface area contributed by atoms with Crippen molar-refractivity contribution >= 4 is 22.9 Å². The van der Waals surface area contributed by atoms with Crippen LogP contribution in [0.4, 0.5) is 5.69 Å². The summed E-state index contributed by atoms with van der Waals surface area (Å²) in [6.07, 6.45) is 0. The number of methoxy groups -OCH3 is 1. The highest BCUT2D eigenvalue weighted by Crippen LogP contribution is 2.27. The van der Waals surface area contributed by atoms with Gasteiger partial charge in [-0.15, -0.1) is 11.3 Å². The largest absolute Gasteiger partial charge is 0.495 e. The number of ether oxygens (including phenoxy) is 1. The fourth-order valence-electron chi connectivity index (χ4n) is 2.75. The van der Waals surface area contributed by atoms with Crippen LogP contribution in [0.1, 0.15) is 22.0 Å². The third kappa shape index (κ3) is 4.50. The molecule has 0 saturated heterocycles. The Kier molecular flexibility index (Phi) is 6.04. The van der Waals surface area contributed by atoms with Crippen molar-refractivity contribution in [1.82, 2.24) is 5.32 Å². The quantitative estimate of drug-likeness (QED) is 0.646. The first-order chi connectivity index (χ1) is 12.7. The minimum absolute atomic E-state index is 0.114. The Morgan fingerprint density at radius 2 is 1.92 bits per heavy atom. The van der Waals surface area contributed by atoms with Gasteiger partial charge in [-0.1, -0.05) is 42.5 Å². The number of anilines is 1. The Morgan fingerprint density at radius 1 is 1.12 bits per heavy atom. The van der Waals surface area contributed by atoms with Crippen LogP contribution in [0.5, 0.6) is 5.75 Å². The number of carbonyl (C=O) groups excluding carboxylic acids is 1. The molecule has 1 heterocycles. The lowest BCUT2D eigenvalue weighted by atomic mass is 10.1. The van der Waals surface area contributed by atoms with Crippen LogP contribution in [0, 0.1) is 6.92 Å². The van der Waals surface area contributed by atoms with Crippen LogP contribution >= 0.6 is 11.3 Å². The van der Waals surface area contributed by atoms with Crippen LogP contribution in [0.3, 0.4) is 0 Å². The van der Waals surface area contributed by atoms with Crippen LogP contribution in [0.2, 0.25) is 0 Å². The zero-order valence-corrected chi connectivity index (χ0v) is 15.7. The predicted octanol–water partition coefficient (Wildman–Crippen LogP) is 4.53. The van der Waals surface area contributed by atoms with Crippen LogP contribution in [0.15, 0.2) is 66.0 Å².